The van der Waals surface area contributed by atoms with Crippen molar-refractivity contribution in [3.63, 3.8) is 0 Å². The molecule has 0 atom stereocenters. The van der Waals surface area contributed by atoms with Gasteiger partial charge in [-0.05, 0) is 37.5 Å². The van der Waals surface area contributed by atoms with Gasteiger partial charge < -0.3 is 20.5 Å². The SMILES string of the molecule is COC1CC(C(N)=O)(C(=O)Nc2cc(C)c(Oc3ccc(F)cn3)c(F)c2)C1. The quantitative estimate of drug-likeness (QED) is 0.737. The molecule has 0 saturated heterocycles. The first-order valence-electron chi connectivity index (χ1n) is 8.49. The summed E-state index contributed by atoms with van der Waals surface area (Å²) in [5, 5.41) is 2.53. The van der Waals surface area contributed by atoms with Crippen LogP contribution < -0.4 is 15.8 Å². The summed E-state index contributed by atoms with van der Waals surface area (Å²) in [6.07, 6.45) is 1.06. The lowest BCUT2D eigenvalue weighted by Crippen LogP contribution is -2.57. The Kier molecular flexibility index (Phi) is 5.28. The van der Waals surface area contributed by atoms with Gasteiger partial charge in [0, 0.05) is 24.9 Å². The molecular weight excluding hydrogens is 372 g/mol. The number of ether oxygens (including phenoxy) is 2. The smallest absolute Gasteiger partial charge is 0.240 e. The number of hydrogen-bond donors (Lipinski definition) is 2. The number of nitrogens with one attached hydrogen (secondary N) is 1. The number of rotatable bonds is 6. The van der Waals surface area contributed by atoms with Crippen molar-refractivity contribution in [2.75, 3.05) is 12.4 Å². The zero-order chi connectivity index (χ0) is 20.5. The molecule has 1 aliphatic carbocycles. The van der Waals surface area contributed by atoms with Crippen LogP contribution in [0.3, 0.4) is 0 Å². The van der Waals surface area contributed by atoms with Gasteiger partial charge in [-0.3, -0.25) is 9.59 Å². The maximum absolute atomic E-state index is 14.5. The first-order chi connectivity index (χ1) is 13.2. The summed E-state index contributed by atoms with van der Waals surface area (Å²) < 4.78 is 37.9. The molecule has 1 heterocycles. The minimum Gasteiger partial charge on any atom is -0.436 e. The number of primary amides is 1. The van der Waals surface area contributed by atoms with Gasteiger partial charge in [0.05, 0.1) is 12.3 Å². The molecule has 0 unspecified atom stereocenters. The van der Waals surface area contributed by atoms with Crippen LogP contribution in [0.15, 0.2) is 30.5 Å². The van der Waals surface area contributed by atoms with E-state index in [1.807, 2.05) is 0 Å². The first kappa shape index (κ1) is 19.7. The predicted molar refractivity (Wildman–Crippen MR) is 95.7 cm³/mol. The molecule has 7 nitrogen and oxygen atoms in total. The third kappa shape index (κ3) is 3.65. The van der Waals surface area contributed by atoms with Crippen LogP contribution in [-0.2, 0) is 14.3 Å². The van der Waals surface area contributed by atoms with E-state index in [1.165, 1.54) is 19.2 Å². The molecule has 28 heavy (non-hydrogen) atoms. The number of carbonyl (C=O) groups is 2. The average molecular weight is 391 g/mol. The van der Waals surface area contributed by atoms with Gasteiger partial charge in [0.25, 0.3) is 0 Å². The lowest BCUT2D eigenvalue weighted by molar-refractivity contribution is -0.154. The van der Waals surface area contributed by atoms with Crippen LogP contribution in [0.4, 0.5) is 14.5 Å². The van der Waals surface area contributed by atoms with E-state index in [0.29, 0.717) is 5.56 Å². The summed E-state index contributed by atoms with van der Waals surface area (Å²) in [4.78, 5) is 28.1. The Labute approximate surface area is 159 Å². The average Bonchev–Trinajstić information content (AvgIpc) is 2.59. The van der Waals surface area contributed by atoms with Crippen molar-refractivity contribution in [3.05, 3.63) is 47.7 Å². The van der Waals surface area contributed by atoms with Crippen LogP contribution in [0.25, 0.3) is 0 Å². The van der Waals surface area contributed by atoms with E-state index >= 15 is 0 Å². The zero-order valence-electron chi connectivity index (χ0n) is 15.3. The van der Waals surface area contributed by atoms with Crippen molar-refractivity contribution in [2.24, 2.45) is 11.1 Å². The number of carbonyl (C=O) groups excluding carboxylic acids is 2. The fourth-order valence-electron chi connectivity index (χ4n) is 3.09. The molecule has 1 fully saturated rings. The molecule has 2 aromatic rings. The molecular formula is C19H19F2N3O4. The number of pyridine rings is 1. The van der Waals surface area contributed by atoms with Crippen LogP contribution in [0.5, 0.6) is 11.6 Å². The molecule has 0 aliphatic heterocycles. The number of methoxy groups -OCH3 is 1. The molecule has 0 bridgehead atoms. The van der Waals surface area contributed by atoms with E-state index in [2.05, 4.69) is 10.3 Å². The fraction of sp³-hybridized carbons (Fsp3) is 0.316. The summed E-state index contributed by atoms with van der Waals surface area (Å²) in [6, 6.07) is 4.95. The number of halogens is 2. The van der Waals surface area contributed by atoms with Gasteiger partial charge in [0.15, 0.2) is 11.6 Å². The highest BCUT2D eigenvalue weighted by atomic mass is 19.1. The van der Waals surface area contributed by atoms with Gasteiger partial charge in [-0.2, -0.15) is 0 Å². The predicted octanol–water partition coefficient (Wildman–Crippen LogP) is 2.68. The maximum atomic E-state index is 14.5. The van der Waals surface area contributed by atoms with E-state index in [0.717, 1.165) is 18.3 Å². The Bertz CT molecular complexity index is 889. The minimum absolute atomic E-state index is 0.0212. The van der Waals surface area contributed by atoms with E-state index in [1.54, 1.807) is 6.92 Å². The van der Waals surface area contributed by atoms with Gasteiger partial charge in [-0.1, -0.05) is 0 Å². The van der Waals surface area contributed by atoms with Crippen LogP contribution in [0.2, 0.25) is 0 Å². The summed E-state index contributed by atoms with van der Waals surface area (Å²) >= 11 is 0. The number of nitrogens with zero attached hydrogens (tertiary/aromatic N) is 1. The topological polar surface area (TPSA) is 104 Å². The normalized spacial score (nSPS) is 20.9. The Morgan fingerprint density at radius 3 is 2.54 bits per heavy atom. The molecule has 148 valence electrons. The number of hydrogen-bond acceptors (Lipinski definition) is 5. The Balaban J connectivity index is 1.78. The van der Waals surface area contributed by atoms with E-state index in [4.69, 9.17) is 15.2 Å². The van der Waals surface area contributed by atoms with Gasteiger partial charge in [0.1, 0.15) is 11.2 Å². The van der Waals surface area contributed by atoms with Gasteiger partial charge in [0.2, 0.25) is 17.7 Å². The van der Waals surface area contributed by atoms with Gasteiger partial charge in [-0.15, -0.1) is 0 Å². The zero-order valence-corrected chi connectivity index (χ0v) is 15.3. The monoisotopic (exact) mass is 391 g/mol. The summed E-state index contributed by atoms with van der Waals surface area (Å²) in [5.41, 5.74) is 4.55. The summed E-state index contributed by atoms with van der Waals surface area (Å²) in [6.45, 7) is 1.58. The molecule has 3 N–H and O–H groups in total. The van der Waals surface area contributed by atoms with Crippen LogP contribution in [0, 0.1) is 24.0 Å². The Morgan fingerprint density at radius 2 is 2.00 bits per heavy atom. The van der Waals surface area contributed by atoms with Crippen LogP contribution in [0.1, 0.15) is 18.4 Å². The number of amides is 2. The van der Waals surface area contributed by atoms with Crippen molar-refractivity contribution < 1.29 is 27.8 Å². The van der Waals surface area contributed by atoms with Crippen LogP contribution >= 0.6 is 0 Å². The molecule has 1 aliphatic rings. The number of benzene rings is 1. The molecule has 0 spiro atoms. The molecule has 1 aromatic carbocycles. The molecule has 1 aromatic heterocycles. The number of aromatic nitrogens is 1. The fourth-order valence-corrected chi connectivity index (χ4v) is 3.09. The maximum Gasteiger partial charge on any atom is 0.240 e. The summed E-state index contributed by atoms with van der Waals surface area (Å²) in [5.74, 6) is -2.74. The molecule has 3 rings (SSSR count). The second-order valence-corrected chi connectivity index (χ2v) is 6.69. The molecule has 1 saturated carbocycles. The minimum atomic E-state index is -1.38. The second kappa shape index (κ2) is 7.51. The summed E-state index contributed by atoms with van der Waals surface area (Å²) in [7, 11) is 1.49. The highest BCUT2D eigenvalue weighted by Gasteiger charge is 2.55. The van der Waals surface area contributed by atoms with Crippen molar-refractivity contribution in [1.82, 2.24) is 4.98 Å². The van der Waals surface area contributed by atoms with Gasteiger partial charge in [-0.25, -0.2) is 13.8 Å². The standard InChI is InChI=1S/C19H19F2N3O4/c1-10-5-12(24-18(26)19(17(22)25)7-13(8-19)27-2)6-14(21)16(10)28-15-4-3-11(20)9-23-15/h3-6,9,13H,7-8H2,1-2H3,(H2,22,25)(H,24,26). The van der Waals surface area contributed by atoms with Crippen molar-refractivity contribution >= 4 is 17.5 Å². The van der Waals surface area contributed by atoms with Crippen LogP contribution in [-0.4, -0.2) is 30.0 Å². The Hall–Kier alpha value is -3.07. The third-order valence-corrected chi connectivity index (χ3v) is 4.79. The largest absolute Gasteiger partial charge is 0.436 e. The third-order valence-electron chi connectivity index (χ3n) is 4.79. The number of nitrogens with two attached hydrogens (primary N) is 1. The van der Waals surface area contributed by atoms with Gasteiger partial charge >= 0.3 is 0 Å². The van der Waals surface area contributed by atoms with E-state index in [-0.39, 0.29) is 36.3 Å². The number of aryl methyl sites for hydroxylation is 1. The molecule has 2 amide bonds. The van der Waals surface area contributed by atoms with Crippen molar-refractivity contribution in [3.8, 4) is 11.6 Å². The van der Waals surface area contributed by atoms with Crippen molar-refractivity contribution in [1.29, 1.82) is 0 Å². The Morgan fingerprint density at radius 1 is 1.29 bits per heavy atom. The first-order valence-corrected chi connectivity index (χ1v) is 8.49. The lowest BCUT2D eigenvalue weighted by Gasteiger charge is -2.42. The van der Waals surface area contributed by atoms with E-state index < -0.39 is 28.9 Å². The lowest BCUT2D eigenvalue weighted by atomic mass is 9.65. The number of anilines is 1. The molecule has 0 radical (unpaired) electrons. The highest BCUT2D eigenvalue weighted by molar-refractivity contribution is 6.11. The molecule has 9 heteroatoms. The van der Waals surface area contributed by atoms with Crippen molar-refractivity contribution in [2.45, 2.75) is 25.9 Å². The second-order valence-electron chi connectivity index (χ2n) is 6.69. The van der Waals surface area contributed by atoms with E-state index in [9.17, 15) is 18.4 Å². The highest BCUT2D eigenvalue weighted by Crippen LogP contribution is 2.43.